The molecule has 1 saturated carbocycles. The molecule has 3 heteroatoms. The van der Waals surface area contributed by atoms with Crippen LogP contribution >= 0.6 is 11.6 Å². The smallest absolute Gasteiger partial charge is 0.120 e. The van der Waals surface area contributed by atoms with Crippen molar-refractivity contribution in [2.45, 2.75) is 31.9 Å². The molecule has 76 valence electrons. The zero-order chi connectivity index (χ0) is 10.1. The predicted octanol–water partition coefficient (Wildman–Crippen LogP) is 2.52. The Balaban J connectivity index is 2.00. The van der Waals surface area contributed by atoms with Crippen molar-refractivity contribution in [1.29, 1.82) is 0 Å². The molecule has 2 nitrogen and oxygen atoms in total. The Bertz CT molecular complexity index is 334. The fourth-order valence-corrected chi connectivity index (χ4v) is 1.70. The molecule has 1 aliphatic carbocycles. The normalized spacial score (nSPS) is 25.6. The molecule has 1 aromatic rings. The van der Waals surface area contributed by atoms with E-state index in [0.29, 0.717) is 12.1 Å². The van der Waals surface area contributed by atoms with Crippen LogP contribution in [0.25, 0.3) is 0 Å². The average Bonchev–Trinajstić information content (AvgIpc) is 2.09. The van der Waals surface area contributed by atoms with E-state index in [1.54, 1.807) is 0 Å². The fourth-order valence-electron chi connectivity index (χ4n) is 1.59. The minimum absolute atomic E-state index is 0.297. The lowest BCUT2D eigenvalue weighted by molar-refractivity contribution is 0.101. The second kappa shape index (κ2) is 3.79. The number of benzene rings is 1. The Kier molecular flexibility index (Phi) is 2.66. The lowest BCUT2D eigenvalue weighted by atomic mass is 9.90. The monoisotopic (exact) mass is 211 g/mol. The van der Waals surface area contributed by atoms with Crippen LogP contribution in [0.1, 0.15) is 18.4 Å². The van der Waals surface area contributed by atoms with Gasteiger partial charge >= 0.3 is 0 Å². The summed E-state index contributed by atoms with van der Waals surface area (Å²) in [5, 5.41) is 0.780. The van der Waals surface area contributed by atoms with Crippen molar-refractivity contribution in [3.05, 3.63) is 28.8 Å². The van der Waals surface area contributed by atoms with Crippen LogP contribution in [0.3, 0.4) is 0 Å². The first-order valence-electron chi connectivity index (χ1n) is 4.83. The predicted molar refractivity (Wildman–Crippen MR) is 57.8 cm³/mol. The summed E-state index contributed by atoms with van der Waals surface area (Å²) in [5.74, 6) is 0.892. The van der Waals surface area contributed by atoms with Crippen LogP contribution in [0, 0.1) is 6.92 Å². The van der Waals surface area contributed by atoms with Crippen molar-refractivity contribution in [2.75, 3.05) is 0 Å². The number of hydrogen-bond acceptors (Lipinski definition) is 2. The summed E-state index contributed by atoms with van der Waals surface area (Å²) in [6, 6.07) is 6.06. The van der Waals surface area contributed by atoms with Crippen molar-refractivity contribution in [3.8, 4) is 5.75 Å². The van der Waals surface area contributed by atoms with Crippen molar-refractivity contribution >= 4 is 11.6 Å². The van der Waals surface area contributed by atoms with E-state index < -0.39 is 0 Å². The molecule has 0 heterocycles. The topological polar surface area (TPSA) is 35.2 Å². The second-order valence-electron chi connectivity index (χ2n) is 3.88. The molecule has 1 fully saturated rings. The van der Waals surface area contributed by atoms with Crippen LogP contribution in [-0.4, -0.2) is 12.1 Å². The van der Waals surface area contributed by atoms with Gasteiger partial charge in [-0.25, -0.2) is 0 Å². The van der Waals surface area contributed by atoms with Crippen molar-refractivity contribution in [1.82, 2.24) is 0 Å². The van der Waals surface area contributed by atoms with Gasteiger partial charge in [-0.2, -0.15) is 0 Å². The lowest BCUT2D eigenvalue weighted by Crippen LogP contribution is -2.43. The molecular formula is C11H14ClNO. The third kappa shape index (κ3) is 2.02. The summed E-state index contributed by atoms with van der Waals surface area (Å²) in [5.41, 5.74) is 6.72. The van der Waals surface area contributed by atoms with Crippen molar-refractivity contribution < 1.29 is 4.74 Å². The average molecular weight is 212 g/mol. The zero-order valence-corrected chi connectivity index (χ0v) is 8.92. The number of aryl methyl sites for hydroxylation is 1. The number of ether oxygens (including phenoxy) is 1. The first-order chi connectivity index (χ1) is 6.65. The molecule has 2 N–H and O–H groups in total. The van der Waals surface area contributed by atoms with E-state index in [9.17, 15) is 0 Å². The SMILES string of the molecule is Cc1cc(OC2CC(N)C2)ccc1Cl. The molecule has 0 bridgehead atoms. The highest BCUT2D eigenvalue weighted by Gasteiger charge is 2.27. The molecule has 0 aliphatic heterocycles. The van der Waals surface area contributed by atoms with E-state index in [2.05, 4.69) is 0 Å². The summed E-state index contributed by atoms with van der Waals surface area (Å²) in [6.07, 6.45) is 2.22. The van der Waals surface area contributed by atoms with E-state index >= 15 is 0 Å². The van der Waals surface area contributed by atoms with E-state index in [1.165, 1.54) is 0 Å². The van der Waals surface area contributed by atoms with Gasteiger partial charge < -0.3 is 10.5 Å². The number of hydrogen-bond donors (Lipinski definition) is 1. The van der Waals surface area contributed by atoms with E-state index in [0.717, 1.165) is 29.2 Å². The fraction of sp³-hybridized carbons (Fsp3) is 0.455. The maximum atomic E-state index is 5.91. The summed E-state index contributed by atoms with van der Waals surface area (Å²) in [4.78, 5) is 0. The van der Waals surface area contributed by atoms with Crippen LogP contribution in [0.2, 0.25) is 5.02 Å². The molecule has 14 heavy (non-hydrogen) atoms. The highest BCUT2D eigenvalue weighted by Crippen LogP contribution is 2.27. The van der Waals surface area contributed by atoms with Gasteiger partial charge in [0.2, 0.25) is 0 Å². The Morgan fingerprint density at radius 2 is 2.14 bits per heavy atom. The number of halogens is 1. The highest BCUT2D eigenvalue weighted by atomic mass is 35.5. The second-order valence-corrected chi connectivity index (χ2v) is 4.29. The molecule has 0 radical (unpaired) electrons. The molecule has 0 unspecified atom stereocenters. The number of nitrogens with two attached hydrogens (primary N) is 1. The van der Waals surface area contributed by atoms with Crippen LogP contribution < -0.4 is 10.5 Å². The Hall–Kier alpha value is -0.730. The minimum atomic E-state index is 0.297. The summed E-state index contributed by atoms with van der Waals surface area (Å²) < 4.78 is 5.72. The zero-order valence-electron chi connectivity index (χ0n) is 8.16. The Morgan fingerprint density at radius 3 is 2.71 bits per heavy atom. The van der Waals surface area contributed by atoms with Gasteiger partial charge in [-0.1, -0.05) is 11.6 Å². The molecular weight excluding hydrogens is 198 g/mol. The van der Waals surface area contributed by atoms with Crippen LogP contribution in [0.5, 0.6) is 5.75 Å². The molecule has 0 atom stereocenters. The molecule has 1 aliphatic rings. The van der Waals surface area contributed by atoms with Gasteiger partial charge in [0.25, 0.3) is 0 Å². The van der Waals surface area contributed by atoms with Crippen molar-refractivity contribution in [2.24, 2.45) is 5.73 Å². The number of rotatable bonds is 2. The molecule has 0 amide bonds. The lowest BCUT2D eigenvalue weighted by Gasteiger charge is -2.32. The third-order valence-corrected chi connectivity index (χ3v) is 2.99. The van der Waals surface area contributed by atoms with E-state index in [4.69, 9.17) is 22.1 Å². The highest BCUT2D eigenvalue weighted by molar-refractivity contribution is 6.31. The molecule has 2 rings (SSSR count). The summed E-state index contributed by atoms with van der Waals surface area (Å²) in [6.45, 7) is 1.97. The summed E-state index contributed by atoms with van der Waals surface area (Å²) >= 11 is 5.91. The standard InChI is InChI=1S/C11H14ClNO/c1-7-4-9(2-3-11(7)12)14-10-5-8(13)6-10/h2-4,8,10H,5-6,13H2,1H3. The van der Waals surface area contributed by atoms with Gasteiger partial charge in [0, 0.05) is 11.1 Å². The molecule has 1 aromatic carbocycles. The van der Waals surface area contributed by atoms with E-state index in [1.807, 2.05) is 25.1 Å². The Morgan fingerprint density at radius 1 is 1.43 bits per heavy atom. The first-order valence-corrected chi connectivity index (χ1v) is 5.21. The van der Waals surface area contributed by atoms with Crippen LogP contribution in [0.15, 0.2) is 18.2 Å². The van der Waals surface area contributed by atoms with Gasteiger partial charge in [-0.15, -0.1) is 0 Å². The third-order valence-electron chi connectivity index (χ3n) is 2.56. The van der Waals surface area contributed by atoms with Gasteiger partial charge in [0.05, 0.1) is 0 Å². The largest absolute Gasteiger partial charge is 0.490 e. The summed E-state index contributed by atoms with van der Waals surface area (Å²) in [7, 11) is 0. The quantitative estimate of drug-likeness (QED) is 0.816. The Labute approximate surface area is 89.0 Å². The molecule has 0 aromatic heterocycles. The maximum absolute atomic E-state index is 5.91. The van der Waals surface area contributed by atoms with Crippen LogP contribution in [-0.2, 0) is 0 Å². The van der Waals surface area contributed by atoms with E-state index in [-0.39, 0.29) is 0 Å². The molecule has 0 spiro atoms. The van der Waals surface area contributed by atoms with Gasteiger partial charge in [0.1, 0.15) is 11.9 Å². The van der Waals surface area contributed by atoms with Gasteiger partial charge in [-0.3, -0.25) is 0 Å². The van der Waals surface area contributed by atoms with Crippen LogP contribution in [0.4, 0.5) is 0 Å². The maximum Gasteiger partial charge on any atom is 0.120 e. The molecule has 0 saturated heterocycles. The van der Waals surface area contributed by atoms with Crippen molar-refractivity contribution in [3.63, 3.8) is 0 Å². The minimum Gasteiger partial charge on any atom is -0.490 e. The first kappa shape index (κ1) is 9.81. The van der Waals surface area contributed by atoms with Gasteiger partial charge in [-0.05, 0) is 43.5 Å². The van der Waals surface area contributed by atoms with Gasteiger partial charge in [0.15, 0.2) is 0 Å².